The highest BCUT2D eigenvalue weighted by Gasteiger charge is 2.32. The van der Waals surface area contributed by atoms with Crippen molar-refractivity contribution in [2.75, 3.05) is 11.1 Å². The zero-order valence-corrected chi connectivity index (χ0v) is 13.7. The third-order valence-corrected chi connectivity index (χ3v) is 5.50. The lowest BCUT2D eigenvalue weighted by molar-refractivity contribution is -0.113. The van der Waals surface area contributed by atoms with E-state index in [0.29, 0.717) is 10.2 Å². The lowest BCUT2D eigenvalue weighted by Gasteiger charge is -2.16. The summed E-state index contributed by atoms with van der Waals surface area (Å²) in [5.74, 6) is 0.168. The molecule has 1 fully saturated rings. The van der Waals surface area contributed by atoms with Gasteiger partial charge in [-0.15, -0.1) is 10.2 Å². The highest BCUT2D eigenvalue weighted by atomic mass is 32.2. The van der Waals surface area contributed by atoms with E-state index in [-0.39, 0.29) is 17.6 Å². The van der Waals surface area contributed by atoms with Crippen LogP contribution in [0.1, 0.15) is 31.2 Å². The van der Waals surface area contributed by atoms with Gasteiger partial charge in [0.2, 0.25) is 11.0 Å². The zero-order valence-electron chi connectivity index (χ0n) is 12.0. The van der Waals surface area contributed by atoms with Crippen LogP contribution < -0.4 is 5.32 Å². The molecule has 0 radical (unpaired) electrons. The Balaban J connectivity index is 1.55. The zero-order chi connectivity index (χ0) is 15.5. The average molecular weight is 337 g/mol. The molecule has 2 heterocycles. The molecule has 1 N–H and O–H groups in total. The molecule has 1 atom stereocenters. The van der Waals surface area contributed by atoms with Crippen molar-refractivity contribution in [3.05, 3.63) is 5.01 Å². The first kappa shape index (κ1) is 15.3. The number of nitrogens with zero attached hydrogens (tertiary/aromatic N) is 4. The van der Waals surface area contributed by atoms with E-state index < -0.39 is 6.03 Å². The van der Waals surface area contributed by atoms with Crippen molar-refractivity contribution < 1.29 is 9.59 Å². The van der Waals surface area contributed by atoms with E-state index in [1.54, 1.807) is 0 Å². The predicted molar refractivity (Wildman–Crippen MR) is 88.0 cm³/mol. The molecule has 3 rings (SSSR count). The van der Waals surface area contributed by atoms with E-state index in [2.05, 4.69) is 25.5 Å². The summed E-state index contributed by atoms with van der Waals surface area (Å²) < 4.78 is 0. The van der Waals surface area contributed by atoms with Crippen molar-refractivity contribution in [3.8, 4) is 0 Å². The van der Waals surface area contributed by atoms with Gasteiger partial charge in [-0.05, 0) is 25.7 Å². The van der Waals surface area contributed by atoms with Gasteiger partial charge in [0.15, 0.2) is 0 Å². The van der Waals surface area contributed by atoms with Crippen LogP contribution in [0.4, 0.5) is 9.93 Å². The summed E-state index contributed by atoms with van der Waals surface area (Å²) in [6, 6.07) is -0.451. The smallest absolute Gasteiger partial charge is 0.300 e. The van der Waals surface area contributed by atoms with Crippen LogP contribution >= 0.6 is 23.1 Å². The topological polar surface area (TPSA) is 96.7 Å². The SMILES string of the molecule is CCc1nnc(NC(=O)CSC2=NC(=O)N=C3CCCC32)s1. The van der Waals surface area contributed by atoms with Gasteiger partial charge in [-0.2, -0.15) is 4.99 Å². The summed E-state index contributed by atoms with van der Waals surface area (Å²) in [7, 11) is 0. The van der Waals surface area contributed by atoms with Gasteiger partial charge in [-0.25, -0.2) is 9.79 Å². The Morgan fingerprint density at radius 3 is 3.05 bits per heavy atom. The standard InChI is InChI=1S/C13H15N5O2S2/c1-2-10-17-18-13(22-10)15-9(19)6-21-11-7-4-3-5-8(7)14-12(20)16-11/h7H,2-6H2,1H3,(H,15,18,19). The minimum Gasteiger partial charge on any atom is -0.300 e. The van der Waals surface area contributed by atoms with Gasteiger partial charge in [0.25, 0.3) is 0 Å². The molecule has 1 aliphatic heterocycles. The monoisotopic (exact) mass is 337 g/mol. The van der Waals surface area contributed by atoms with Crippen LogP contribution in [-0.2, 0) is 11.2 Å². The number of carbonyl (C=O) groups is 2. The first-order valence-corrected chi connectivity index (χ1v) is 8.91. The van der Waals surface area contributed by atoms with Crippen LogP contribution in [0.5, 0.6) is 0 Å². The first-order valence-electron chi connectivity index (χ1n) is 7.10. The van der Waals surface area contributed by atoms with E-state index in [4.69, 9.17) is 0 Å². The normalized spacial score (nSPS) is 20.4. The van der Waals surface area contributed by atoms with E-state index in [1.807, 2.05) is 6.92 Å². The third kappa shape index (κ3) is 3.41. The highest BCUT2D eigenvalue weighted by Crippen LogP contribution is 2.31. The molecule has 0 spiro atoms. The third-order valence-electron chi connectivity index (χ3n) is 3.44. The summed E-state index contributed by atoms with van der Waals surface area (Å²) in [5.41, 5.74) is 0.916. The van der Waals surface area contributed by atoms with Gasteiger partial charge < -0.3 is 0 Å². The molecular formula is C13H15N5O2S2. The van der Waals surface area contributed by atoms with E-state index in [0.717, 1.165) is 36.4 Å². The van der Waals surface area contributed by atoms with Crippen molar-refractivity contribution >= 4 is 50.9 Å². The molecule has 1 aromatic rings. The van der Waals surface area contributed by atoms with Crippen molar-refractivity contribution in [3.63, 3.8) is 0 Å². The number of aliphatic imine (C=N–C) groups is 2. The number of rotatable bonds is 4. The number of fused-ring (bicyclic) bond motifs is 1. The Bertz CT molecular complexity index is 667. The Labute approximate surface area is 135 Å². The van der Waals surface area contributed by atoms with Crippen LogP contribution in [0, 0.1) is 5.92 Å². The largest absolute Gasteiger partial charge is 0.367 e. The number of nitrogens with one attached hydrogen (secondary N) is 1. The highest BCUT2D eigenvalue weighted by molar-refractivity contribution is 8.14. The quantitative estimate of drug-likeness (QED) is 0.910. The first-order chi connectivity index (χ1) is 10.7. The fraction of sp³-hybridized carbons (Fsp3) is 0.538. The van der Waals surface area contributed by atoms with Crippen LogP contribution in [-0.4, -0.2) is 38.6 Å². The molecule has 1 unspecified atom stereocenters. The molecule has 22 heavy (non-hydrogen) atoms. The Kier molecular flexibility index (Phi) is 4.63. The van der Waals surface area contributed by atoms with E-state index in [9.17, 15) is 9.59 Å². The van der Waals surface area contributed by atoms with Crippen LogP contribution in [0.3, 0.4) is 0 Å². The van der Waals surface area contributed by atoms with Crippen LogP contribution in [0.15, 0.2) is 9.98 Å². The summed E-state index contributed by atoms with van der Waals surface area (Å²) in [6.07, 6.45) is 3.63. The minimum atomic E-state index is -0.451. The van der Waals surface area contributed by atoms with Gasteiger partial charge in [0.05, 0.1) is 10.8 Å². The number of anilines is 1. The van der Waals surface area contributed by atoms with E-state index >= 15 is 0 Å². The van der Waals surface area contributed by atoms with Gasteiger partial charge in [-0.3, -0.25) is 10.1 Å². The molecule has 3 amide bonds. The van der Waals surface area contributed by atoms with Gasteiger partial charge >= 0.3 is 6.03 Å². The molecule has 1 saturated carbocycles. The number of aromatic nitrogens is 2. The molecular weight excluding hydrogens is 322 g/mol. The maximum Gasteiger partial charge on any atom is 0.367 e. The molecule has 1 aliphatic carbocycles. The maximum atomic E-state index is 12.0. The minimum absolute atomic E-state index is 0.128. The number of amides is 3. The van der Waals surface area contributed by atoms with Crippen molar-refractivity contribution in [1.82, 2.24) is 10.2 Å². The number of hydrogen-bond donors (Lipinski definition) is 1. The Morgan fingerprint density at radius 2 is 2.27 bits per heavy atom. The molecule has 2 aliphatic rings. The second kappa shape index (κ2) is 6.66. The second-order valence-corrected chi connectivity index (χ2v) is 7.03. The molecule has 0 bridgehead atoms. The summed E-state index contributed by atoms with van der Waals surface area (Å²) in [6.45, 7) is 1.99. The molecule has 116 valence electrons. The van der Waals surface area contributed by atoms with Crippen molar-refractivity contribution in [2.24, 2.45) is 15.9 Å². The lowest BCUT2D eigenvalue weighted by atomic mass is 10.1. The fourth-order valence-electron chi connectivity index (χ4n) is 2.42. The molecule has 0 aromatic carbocycles. The number of urea groups is 1. The Morgan fingerprint density at radius 1 is 1.41 bits per heavy atom. The van der Waals surface area contributed by atoms with Crippen LogP contribution in [0.2, 0.25) is 0 Å². The number of carbonyl (C=O) groups excluding carboxylic acids is 2. The molecule has 1 aromatic heterocycles. The second-order valence-electron chi connectivity index (χ2n) is 4.97. The van der Waals surface area contributed by atoms with Crippen LogP contribution in [0.25, 0.3) is 0 Å². The number of aryl methyl sites for hydroxylation is 1. The number of hydrogen-bond acceptors (Lipinski definition) is 6. The Hall–Kier alpha value is -1.61. The number of thioether (sulfide) groups is 1. The van der Waals surface area contributed by atoms with Gasteiger partial charge in [0.1, 0.15) is 5.01 Å². The van der Waals surface area contributed by atoms with Crippen molar-refractivity contribution in [2.45, 2.75) is 32.6 Å². The summed E-state index contributed by atoms with van der Waals surface area (Å²) >= 11 is 2.68. The van der Waals surface area contributed by atoms with Crippen molar-refractivity contribution in [1.29, 1.82) is 0 Å². The molecule has 0 saturated heterocycles. The maximum absolute atomic E-state index is 12.0. The summed E-state index contributed by atoms with van der Waals surface area (Å²) in [4.78, 5) is 31.4. The fourth-order valence-corrected chi connectivity index (χ4v) is 4.07. The predicted octanol–water partition coefficient (Wildman–Crippen LogP) is 2.55. The van der Waals surface area contributed by atoms with E-state index in [1.165, 1.54) is 23.1 Å². The van der Waals surface area contributed by atoms with Gasteiger partial charge in [0, 0.05) is 11.6 Å². The molecule has 7 nitrogen and oxygen atoms in total. The molecule has 9 heteroatoms. The lowest BCUT2D eigenvalue weighted by Crippen LogP contribution is -2.24. The summed E-state index contributed by atoms with van der Waals surface area (Å²) in [5, 5.41) is 12.7. The van der Waals surface area contributed by atoms with Gasteiger partial charge in [-0.1, -0.05) is 30.0 Å². The average Bonchev–Trinajstić information content (AvgIpc) is 3.13.